The van der Waals surface area contributed by atoms with Crippen LogP contribution in [0.15, 0.2) is 277 Å². The normalized spacial score (nSPS) is 16.8. The minimum absolute atomic E-state index is 0.0108. The first kappa shape index (κ1) is 100. The predicted octanol–water partition coefficient (Wildman–Crippen LogP) is 22.3. The molecule has 4 saturated heterocycles. The van der Waals surface area contributed by atoms with E-state index in [-0.39, 0.29) is 66.8 Å². The number of aromatic nitrogens is 12. The van der Waals surface area contributed by atoms with E-state index in [1.54, 1.807) is 43.4 Å². The number of carbonyl (C=O) groups is 2. The second-order valence-electron chi connectivity index (χ2n) is 37.2. The zero-order chi connectivity index (χ0) is 97.0. The van der Waals surface area contributed by atoms with Gasteiger partial charge >= 0.3 is 19.3 Å². The molecule has 4 aliphatic heterocycles. The highest BCUT2D eigenvalue weighted by atomic mass is 79.9. The molecule has 2 amide bonds. The second kappa shape index (κ2) is 46.1. The van der Waals surface area contributed by atoms with Crippen molar-refractivity contribution in [1.82, 2.24) is 73.5 Å². The molecule has 0 radical (unpaired) electrons. The first-order chi connectivity index (χ1) is 65.7. The Kier molecular flexibility index (Phi) is 33.8. The van der Waals surface area contributed by atoms with Crippen molar-refractivity contribution in [2.45, 2.75) is 200 Å². The topological polar surface area (TPSA) is 300 Å². The Bertz CT molecular complexity index is 6370. The third-order valence-electron chi connectivity index (χ3n) is 23.9. The zero-order valence-corrected chi connectivity index (χ0v) is 84.1. The molecule has 32 heteroatoms. The van der Waals surface area contributed by atoms with Crippen molar-refractivity contribution in [3.05, 3.63) is 304 Å². The number of amides is 2. The lowest BCUT2D eigenvalue weighted by Gasteiger charge is -2.32. The quantitative estimate of drug-likeness (QED) is 0.0394. The Labute approximate surface area is 823 Å². The van der Waals surface area contributed by atoms with E-state index in [2.05, 4.69) is 165 Å². The molecule has 0 saturated carbocycles. The highest BCUT2D eigenvalue weighted by molar-refractivity contribution is 9.10. The number of imidazole rings is 4. The van der Waals surface area contributed by atoms with E-state index in [9.17, 15) is 9.59 Å². The van der Waals surface area contributed by atoms with Crippen LogP contribution in [0.25, 0.3) is 45.1 Å². The van der Waals surface area contributed by atoms with Crippen molar-refractivity contribution in [2.24, 2.45) is 5.73 Å². The van der Waals surface area contributed by atoms with Crippen molar-refractivity contribution >= 4 is 108 Å². The van der Waals surface area contributed by atoms with E-state index in [1.807, 2.05) is 267 Å². The fourth-order valence-electron chi connectivity index (χ4n) is 15.7. The summed E-state index contributed by atoms with van der Waals surface area (Å²) < 4.78 is 50.0. The Morgan fingerprint density at radius 3 is 1.18 bits per heavy atom. The van der Waals surface area contributed by atoms with Crippen LogP contribution in [0.2, 0.25) is 5.15 Å². The molecule has 28 nitrogen and oxygen atoms in total. The number of rotatable bonds is 22. The lowest BCUT2D eigenvalue weighted by Crippen LogP contribution is -2.42. The molecular weight excluding hydrogens is 1880 g/mol. The molecule has 0 spiro atoms. The van der Waals surface area contributed by atoms with E-state index in [0.29, 0.717) is 44.1 Å². The second-order valence-corrected chi connectivity index (χ2v) is 39.3. The first-order valence-electron chi connectivity index (χ1n) is 46.6. The Morgan fingerprint density at radius 1 is 0.453 bits per heavy atom. The van der Waals surface area contributed by atoms with Gasteiger partial charge in [-0.05, 0) is 311 Å². The maximum atomic E-state index is 12.6. The van der Waals surface area contributed by atoms with Gasteiger partial charge in [-0.25, -0.2) is 47.6 Å². The van der Waals surface area contributed by atoms with Gasteiger partial charge in [0.25, 0.3) is 0 Å². The van der Waals surface area contributed by atoms with Crippen LogP contribution >= 0.6 is 43.5 Å². The van der Waals surface area contributed by atoms with Crippen LogP contribution in [0.4, 0.5) is 27.0 Å². The van der Waals surface area contributed by atoms with Crippen molar-refractivity contribution in [1.29, 1.82) is 0 Å². The molecule has 19 rings (SSSR count). The number of anilines is 3. The number of ether oxygens (including phenoxy) is 5. The summed E-state index contributed by atoms with van der Waals surface area (Å²) in [4.78, 5) is 45.8. The van der Waals surface area contributed by atoms with Crippen molar-refractivity contribution in [3.63, 3.8) is 0 Å². The van der Waals surface area contributed by atoms with Gasteiger partial charge in [-0.2, -0.15) is 5.10 Å². The fraction of sp³-hybridized carbons (Fsp3) is 0.352. The molecular formula is C105H123BBr2ClN19O9. The van der Waals surface area contributed by atoms with Gasteiger partial charge in [0, 0.05) is 54.4 Å². The average Bonchev–Trinajstić information content (AvgIpc) is 1.63. The number of likely N-dealkylation sites (tertiary alicyclic amines) is 2. The number of carbonyl (C=O) groups excluding carboxylic acids is 2. The van der Waals surface area contributed by atoms with Gasteiger partial charge in [0.1, 0.15) is 80.1 Å². The highest BCUT2D eigenvalue weighted by Gasteiger charge is 2.52. The largest absolute Gasteiger partial charge is 0.494 e. The predicted molar refractivity (Wildman–Crippen MR) is 549 cm³/mol. The van der Waals surface area contributed by atoms with Gasteiger partial charge in [0.05, 0.1) is 59.5 Å². The van der Waals surface area contributed by atoms with E-state index >= 15 is 0 Å². The maximum absolute atomic E-state index is 12.6. The number of hydrogen-bond donors (Lipinski definition) is 5. The summed E-state index contributed by atoms with van der Waals surface area (Å²) in [5.74, 6) is 4.82. The van der Waals surface area contributed by atoms with Gasteiger partial charge in [-0.3, -0.25) is 0 Å². The molecule has 0 bridgehead atoms. The monoisotopic (exact) mass is 2000 g/mol. The Morgan fingerprint density at radius 2 is 0.803 bits per heavy atom. The molecule has 8 aromatic heterocycles. The van der Waals surface area contributed by atoms with Crippen LogP contribution in [0.3, 0.4) is 0 Å². The van der Waals surface area contributed by atoms with Crippen LogP contribution in [-0.2, 0) is 18.8 Å². The highest BCUT2D eigenvalue weighted by Crippen LogP contribution is 2.38. The summed E-state index contributed by atoms with van der Waals surface area (Å²) >= 11 is 12.4. The first-order valence-corrected chi connectivity index (χ1v) is 48.6. The molecule has 4 fully saturated rings. The standard InChI is InChI=1S/C30H35N5O3.C25H27N5O.C22H34BNO5.C14H13BrN4.C8H11N.C6H3BrClN3/c1-21(22-9-6-5-7-10-22)32-27-16-17-28-31-19-26(35(28)33-27)23-12-14-25(15-13-23)37-20-24-11-8-18-34(24)29(36)38-30(2,3)4;1-18(19-6-3-2-4-7-19)28-24-13-14-25-27-16-23(30(25)29-24)20-9-11-22(12-10-20)31-17-21-8-5-15-26-21;1-20(2,3)27-19(25)24-14-8-9-17(24)15-26-18-12-10-16(11-13-18)23-28-21(4,5)22(6,7)29-23;1-10(11-5-3-2-4-6-11)17-13-7-8-14-16-9-12(15)19(14)18-13;1-7(9)8-5-3-2-4-6-8;7-4-3-9-6-2-1-5(8)10-11(4)6/h5-7,9-10,12-17,19,21,24H,8,11,18,20H2,1-4H3,(H,32,33);2-4,6-7,9-14,16,18,21,26H,5,8,15,17H2,1H3,(H,28,29);10-13,17H,8-9,14-15H2,1-7H3;2-10H,1H3,(H,17,18);2-7H,9H2,1H3;1-3H/t21-,24+;18-,21+;17-;10-;7-;/m11011./s1. The van der Waals surface area contributed by atoms with Crippen molar-refractivity contribution < 1.29 is 42.6 Å². The van der Waals surface area contributed by atoms with E-state index in [4.69, 9.17) is 60.5 Å². The lowest BCUT2D eigenvalue weighted by molar-refractivity contribution is 0.00578. The maximum Gasteiger partial charge on any atom is 0.494 e. The molecule has 6 N–H and O–H groups in total. The lowest BCUT2D eigenvalue weighted by atomic mass is 9.79. The van der Waals surface area contributed by atoms with Crippen LogP contribution in [0, 0.1) is 0 Å². The van der Waals surface area contributed by atoms with E-state index in [0.717, 1.165) is 127 Å². The number of fused-ring (bicyclic) bond motifs is 4. The number of nitrogens with two attached hydrogens (primary N) is 1. The molecule has 137 heavy (non-hydrogen) atoms. The van der Waals surface area contributed by atoms with Gasteiger partial charge in [-0.15, -0.1) is 15.3 Å². The number of benzene rings is 7. The average molecular weight is 2000 g/mol. The van der Waals surface area contributed by atoms with Gasteiger partial charge in [-0.1, -0.05) is 145 Å². The van der Waals surface area contributed by atoms with Crippen molar-refractivity contribution in [2.75, 3.05) is 55.4 Å². The summed E-state index contributed by atoms with van der Waals surface area (Å²) in [5, 5.41) is 32.4. The molecule has 4 aliphatic rings. The fourth-order valence-corrected chi connectivity index (χ4v) is 16.6. The summed E-state index contributed by atoms with van der Waals surface area (Å²) in [6, 6.07) is 81.3. The van der Waals surface area contributed by atoms with Crippen molar-refractivity contribution in [3.8, 4) is 39.8 Å². The Hall–Kier alpha value is -12.5. The van der Waals surface area contributed by atoms with Gasteiger partial charge in [0.15, 0.2) is 22.6 Å². The minimum atomic E-state index is -0.509. The van der Waals surface area contributed by atoms with Gasteiger partial charge in [0.2, 0.25) is 0 Å². The molecule has 15 aromatic rings. The minimum Gasteiger partial charge on any atom is -0.492 e. The SMILES string of the molecule is CC(C)(C)OC(=O)N1CCC[C@H]1COc1ccc(B2OC(C)(C)C(C)(C)O2)cc1.C[C@@H](N)c1ccccc1.C[C@@H](Nc1ccc2ncc(-c3ccc(OC[C@@H]4CCCN4)cc3)n2n1)c1ccccc1.C[C@@H](Nc1ccc2ncc(-c3ccc(OC[C@@H]4CCCN4C(=O)OC(C)(C)C)cc3)n2n1)c1ccccc1.C[C@@H](Nc1ccc2ncc(Br)n2n1)c1ccccc1.Clc1ccc2ncc(Br)n2n1. The third kappa shape index (κ3) is 27.7. The number of halogens is 3. The summed E-state index contributed by atoms with van der Waals surface area (Å²) in [5.41, 5.74) is 16.8. The van der Waals surface area contributed by atoms with Gasteiger partial charge < -0.3 is 69.8 Å². The zero-order valence-electron chi connectivity index (χ0n) is 80.2. The van der Waals surface area contributed by atoms with Crippen LogP contribution in [0.1, 0.15) is 182 Å². The molecule has 716 valence electrons. The molecule has 0 unspecified atom stereocenters. The summed E-state index contributed by atoms with van der Waals surface area (Å²) in [6.07, 6.45) is 12.7. The number of nitrogens with zero attached hydrogens (tertiary/aromatic N) is 14. The van der Waals surface area contributed by atoms with Crippen LogP contribution in [0.5, 0.6) is 17.2 Å². The third-order valence-corrected chi connectivity index (χ3v) is 25.1. The van der Waals surface area contributed by atoms with E-state index < -0.39 is 11.2 Å². The number of nitrogens with one attached hydrogen (secondary N) is 4. The Balaban J connectivity index is 0.000000138. The molecule has 0 aliphatic carbocycles. The van der Waals surface area contributed by atoms with Crippen LogP contribution in [-0.4, -0.2) is 167 Å². The molecule has 7 aromatic carbocycles. The van der Waals surface area contributed by atoms with Crippen LogP contribution < -0.4 is 46.7 Å². The number of hydrogen-bond acceptors (Lipinski definition) is 22. The molecule has 7 atom stereocenters. The smallest absolute Gasteiger partial charge is 0.492 e. The summed E-state index contributed by atoms with van der Waals surface area (Å²) in [7, 11) is -0.383. The molecule has 12 heterocycles. The summed E-state index contributed by atoms with van der Waals surface area (Å²) in [6.45, 7) is 31.9. The van der Waals surface area contributed by atoms with E-state index in [1.165, 1.54) is 35.1 Å².